The highest BCUT2D eigenvalue weighted by molar-refractivity contribution is 8.00. The normalized spacial score (nSPS) is 16.9. The van der Waals surface area contributed by atoms with Crippen LogP contribution in [0.4, 0.5) is 0 Å². The lowest BCUT2D eigenvalue weighted by Crippen LogP contribution is -2.21. The van der Waals surface area contributed by atoms with Gasteiger partial charge in [-0.15, -0.1) is 0 Å². The zero-order valence-electron chi connectivity index (χ0n) is 8.35. The zero-order chi connectivity index (χ0) is 8.85. The van der Waals surface area contributed by atoms with Crippen molar-refractivity contribution in [3.8, 4) is 0 Å². The van der Waals surface area contributed by atoms with Crippen LogP contribution in [0, 0.1) is 5.92 Å². The van der Waals surface area contributed by atoms with E-state index in [4.69, 9.17) is 0 Å². The van der Waals surface area contributed by atoms with Gasteiger partial charge in [-0.05, 0) is 13.0 Å². The second-order valence-corrected chi connectivity index (χ2v) is 5.27. The summed E-state index contributed by atoms with van der Waals surface area (Å²) in [4.78, 5) is 0. The minimum atomic E-state index is 0.734. The first-order chi connectivity index (χ1) is 5.07. The first-order valence-electron chi connectivity index (χ1n) is 4.38. The van der Waals surface area contributed by atoms with Gasteiger partial charge in [0, 0.05) is 17.0 Å². The zero-order valence-corrected chi connectivity index (χ0v) is 9.16. The van der Waals surface area contributed by atoms with Crippen molar-refractivity contribution in [2.45, 2.75) is 38.2 Å². The first kappa shape index (κ1) is 11.3. The van der Waals surface area contributed by atoms with E-state index in [0.29, 0.717) is 0 Å². The minimum Gasteiger partial charge on any atom is -0.319 e. The molecule has 0 amide bonds. The van der Waals surface area contributed by atoms with Crippen LogP contribution in [0.1, 0.15) is 27.7 Å². The Morgan fingerprint density at radius 3 is 2.09 bits per heavy atom. The van der Waals surface area contributed by atoms with E-state index in [1.165, 1.54) is 0 Å². The molecule has 0 aliphatic heterocycles. The lowest BCUT2D eigenvalue weighted by atomic mass is 10.2. The molecule has 1 nitrogen and oxygen atoms in total. The van der Waals surface area contributed by atoms with Gasteiger partial charge in [0.25, 0.3) is 0 Å². The van der Waals surface area contributed by atoms with Crippen molar-refractivity contribution in [1.82, 2.24) is 5.32 Å². The Hall–Kier alpha value is 0.310. The second-order valence-electron chi connectivity index (χ2n) is 3.45. The molecule has 0 aliphatic rings. The number of hydrogen-bond acceptors (Lipinski definition) is 2. The van der Waals surface area contributed by atoms with E-state index in [1.54, 1.807) is 0 Å². The maximum absolute atomic E-state index is 3.19. The van der Waals surface area contributed by atoms with Crippen LogP contribution >= 0.6 is 11.8 Å². The molecule has 0 radical (unpaired) electrons. The van der Waals surface area contributed by atoms with Gasteiger partial charge in [-0.3, -0.25) is 0 Å². The molecule has 0 fully saturated rings. The molecule has 1 N–H and O–H groups in total. The summed E-state index contributed by atoms with van der Waals surface area (Å²) in [6.07, 6.45) is 0. The van der Waals surface area contributed by atoms with E-state index in [0.717, 1.165) is 23.0 Å². The third-order valence-electron chi connectivity index (χ3n) is 1.88. The number of thioether (sulfide) groups is 1. The van der Waals surface area contributed by atoms with Crippen molar-refractivity contribution in [2.75, 3.05) is 13.6 Å². The quantitative estimate of drug-likeness (QED) is 0.688. The number of rotatable bonds is 5. The molecule has 0 saturated carbocycles. The molecule has 0 rings (SSSR count). The van der Waals surface area contributed by atoms with E-state index in [-0.39, 0.29) is 0 Å². The summed E-state index contributed by atoms with van der Waals surface area (Å²) in [6, 6.07) is 0. The van der Waals surface area contributed by atoms with Gasteiger partial charge in [0.1, 0.15) is 0 Å². The van der Waals surface area contributed by atoms with Gasteiger partial charge in [0.2, 0.25) is 0 Å². The topological polar surface area (TPSA) is 12.0 Å². The van der Waals surface area contributed by atoms with Gasteiger partial charge in [0.15, 0.2) is 0 Å². The number of nitrogens with one attached hydrogen (secondary N) is 1. The molecule has 0 aliphatic carbocycles. The molecule has 2 atom stereocenters. The summed E-state index contributed by atoms with van der Waals surface area (Å²) in [7, 11) is 2.01. The SMILES string of the molecule is CNCC(C)SC(C)C(C)C. The Balaban J connectivity index is 3.48. The summed E-state index contributed by atoms with van der Waals surface area (Å²) < 4.78 is 0. The molecule has 68 valence electrons. The van der Waals surface area contributed by atoms with Crippen LogP contribution < -0.4 is 5.32 Å². The molecule has 0 saturated heterocycles. The van der Waals surface area contributed by atoms with E-state index in [9.17, 15) is 0 Å². The molecular weight excluding hydrogens is 154 g/mol. The van der Waals surface area contributed by atoms with E-state index in [1.807, 2.05) is 7.05 Å². The van der Waals surface area contributed by atoms with Crippen LogP contribution in [0.5, 0.6) is 0 Å². The van der Waals surface area contributed by atoms with Crippen LogP contribution in [-0.2, 0) is 0 Å². The lowest BCUT2D eigenvalue weighted by molar-refractivity contribution is 0.637. The fourth-order valence-electron chi connectivity index (χ4n) is 0.859. The highest BCUT2D eigenvalue weighted by Gasteiger charge is 2.11. The Kier molecular flexibility index (Phi) is 6.06. The highest BCUT2D eigenvalue weighted by atomic mass is 32.2. The molecule has 0 spiro atoms. The molecule has 0 aromatic carbocycles. The summed E-state index contributed by atoms with van der Waals surface area (Å²) in [5, 5.41) is 4.70. The minimum absolute atomic E-state index is 0.734. The molecule has 2 unspecified atom stereocenters. The van der Waals surface area contributed by atoms with Crippen molar-refractivity contribution >= 4 is 11.8 Å². The largest absolute Gasteiger partial charge is 0.319 e. The van der Waals surface area contributed by atoms with Crippen LogP contribution in [0.25, 0.3) is 0 Å². The number of hydrogen-bond donors (Lipinski definition) is 1. The summed E-state index contributed by atoms with van der Waals surface area (Å²) in [5.41, 5.74) is 0. The Morgan fingerprint density at radius 2 is 1.73 bits per heavy atom. The third kappa shape index (κ3) is 5.57. The van der Waals surface area contributed by atoms with Crippen molar-refractivity contribution < 1.29 is 0 Å². The van der Waals surface area contributed by atoms with Crippen LogP contribution in [0.2, 0.25) is 0 Å². The predicted octanol–water partition coefficient (Wildman–Crippen LogP) is 2.37. The Morgan fingerprint density at radius 1 is 1.18 bits per heavy atom. The lowest BCUT2D eigenvalue weighted by Gasteiger charge is -2.19. The van der Waals surface area contributed by atoms with Crippen molar-refractivity contribution in [3.63, 3.8) is 0 Å². The van der Waals surface area contributed by atoms with E-state index >= 15 is 0 Å². The Bertz CT molecular complexity index is 93.6. The van der Waals surface area contributed by atoms with Gasteiger partial charge in [-0.2, -0.15) is 11.8 Å². The van der Waals surface area contributed by atoms with Crippen molar-refractivity contribution in [2.24, 2.45) is 5.92 Å². The van der Waals surface area contributed by atoms with Gasteiger partial charge in [0.05, 0.1) is 0 Å². The van der Waals surface area contributed by atoms with Crippen molar-refractivity contribution in [1.29, 1.82) is 0 Å². The van der Waals surface area contributed by atoms with E-state index < -0.39 is 0 Å². The maximum Gasteiger partial charge on any atom is 0.0146 e. The highest BCUT2D eigenvalue weighted by Crippen LogP contribution is 2.22. The van der Waals surface area contributed by atoms with Crippen LogP contribution in [0.15, 0.2) is 0 Å². The van der Waals surface area contributed by atoms with Gasteiger partial charge in [-0.25, -0.2) is 0 Å². The standard InChI is InChI=1S/C9H21NS/c1-7(2)9(4)11-8(3)6-10-5/h7-10H,6H2,1-5H3. The molecule has 2 heteroatoms. The smallest absolute Gasteiger partial charge is 0.0146 e. The van der Waals surface area contributed by atoms with Gasteiger partial charge < -0.3 is 5.32 Å². The first-order valence-corrected chi connectivity index (χ1v) is 5.32. The molecular formula is C9H21NS. The third-order valence-corrected chi connectivity index (χ3v) is 3.48. The summed E-state index contributed by atoms with van der Waals surface area (Å²) in [5.74, 6) is 0.791. The monoisotopic (exact) mass is 175 g/mol. The van der Waals surface area contributed by atoms with Crippen LogP contribution in [-0.4, -0.2) is 24.1 Å². The summed E-state index contributed by atoms with van der Waals surface area (Å²) >= 11 is 2.07. The molecule has 11 heavy (non-hydrogen) atoms. The second kappa shape index (κ2) is 5.90. The van der Waals surface area contributed by atoms with Gasteiger partial charge in [-0.1, -0.05) is 27.7 Å². The van der Waals surface area contributed by atoms with E-state index in [2.05, 4.69) is 44.8 Å². The molecule has 0 bridgehead atoms. The Labute approximate surface area is 75.3 Å². The molecule has 0 heterocycles. The maximum atomic E-state index is 3.19. The average molecular weight is 175 g/mol. The fourth-order valence-corrected chi connectivity index (χ4v) is 2.17. The van der Waals surface area contributed by atoms with Crippen molar-refractivity contribution in [3.05, 3.63) is 0 Å². The fraction of sp³-hybridized carbons (Fsp3) is 1.00. The molecule has 0 aromatic heterocycles. The predicted molar refractivity (Wildman–Crippen MR) is 55.3 cm³/mol. The summed E-state index contributed by atoms with van der Waals surface area (Å²) in [6.45, 7) is 10.3. The average Bonchev–Trinajstić information content (AvgIpc) is 1.87. The van der Waals surface area contributed by atoms with Crippen LogP contribution in [0.3, 0.4) is 0 Å². The molecule has 0 aromatic rings. The van der Waals surface area contributed by atoms with Gasteiger partial charge >= 0.3 is 0 Å².